The number of fused-ring (bicyclic) bond motifs is 2. The van der Waals surface area contributed by atoms with Gasteiger partial charge in [-0.1, -0.05) is 26.0 Å². The van der Waals surface area contributed by atoms with Crippen LogP contribution >= 0.6 is 0 Å². The molecular formula is C33H45NO12. The minimum atomic E-state index is -2.29. The molecule has 1 aromatic heterocycles. The highest BCUT2D eigenvalue weighted by Crippen LogP contribution is 2.57. The Kier molecular flexibility index (Phi) is 9.60. The summed E-state index contributed by atoms with van der Waals surface area (Å²) < 4.78 is 24.3. The van der Waals surface area contributed by atoms with Gasteiger partial charge in [-0.05, 0) is 43.2 Å². The molecular weight excluding hydrogens is 602 g/mol. The van der Waals surface area contributed by atoms with Gasteiger partial charge in [-0.15, -0.1) is 6.58 Å². The SMILES string of the molecule is C=C[C@@H]1[C@H](CC(=O)O)C(C(=O)OC)=CC[C@H]1O[C@]1(CO)O[C@H](CO)[C@]23OC(CCCO)=c4[nH]c(C(C)C)cc4=C2CC[C@@]1(O)[C@H]3O. The molecule has 1 spiro atoms. The normalized spacial score (nSPS) is 35.2. The van der Waals surface area contributed by atoms with Gasteiger partial charge in [-0.2, -0.15) is 0 Å². The van der Waals surface area contributed by atoms with Crippen molar-refractivity contribution in [2.45, 2.75) is 93.6 Å². The predicted octanol–water partition coefficient (Wildman–Crippen LogP) is -0.315. The molecule has 2 aliphatic heterocycles. The number of carboxylic acid groups (broad SMARTS) is 1. The largest absolute Gasteiger partial charge is 0.481 e. The first-order valence-electron chi connectivity index (χ1n) is 15.7. The Morgan fingerprint density at radius 1 is 1.26 bits per heavy atom. The van der Waals surface area contributed by atoms with Crippen molar-refractivity contribution in [3.63, 3.8) is 0 Å². The molecule has 4 aliphatic rings. The highest BCUT2D eigenvalue weighted by atomic mass is 16.7. The van der Waals surface area contributed by atoms with E-state index in [4.69, 9.17) is 18.9 Å². The Labute approximate surface area is 266 Å². The molecule has 1 aromatic rings. The predicted molar refractivity (Wildman–Crippen MR) is 162 cm³/mol. The molecule has 0 amide bonds. The molecule has 1 saturated carbocycles. The summed E-state index contributed by atoms with van der Waals surface area (Å²) in [6.07, 6.45) is -0.780. The maximum Gasteiger partial charge on any atom is 0.333 e. The van der Waals surface area contributed by atoms with Crippen LogP contribution in [0.25, 0.3) is 11.3 Å². The quantitative estimate of drug-likeness (QED) is 0.115. The second-order valence-electron chi connectivity index (χ2n) is 12.9. The Morgan fingerprint density at radius 2 is 2.00 bits per heavy atom. The van der Waals surface area contributed by atoms with Crippen LogP contribution in [-0.2, 0) is 28.5 Å². The zero-order chi connectivity index (χ0) is 33.6. The third-order valence-corrected chi connectivity index (χ3v) is 10.1. The summed E-state index contributed by atoms with van der Waals surface area (Å²) in [6.45, 7) is 6.17. The van der Waals surface area contributed by atoms with Crippen molar-refractivity contribution in [2.24, 2.45) is 11.8 Å². The second kappa shape index (κ2) is 12.9. The van der Waals surface area contributed by atoms with Crippen LogP contribution in [0.4, 0.5) is 0 Å². The lowest BCUT2D eigenvalue weighted by Gasteiger charge is -2.64. The number of H-pyrrole nitrogens is 1. The molecule has 0 unspecified atom stereocenters. The van der Waals surface area contributed by atoms with E-state index in [0.717, 1.165) is 10.9 Å². The maximum absolute atomic E-state index is 12.5. The highest BCUT2D eigenvalue weighted by Gasteiger charge is 2.75. The van der Waals surface area contributed by atoms with Crippen molar-refractivity contribution in [1.29, 1.82) is 0 Å². The van der Waals surface area contributed by atoms with Crippen LogP contribution in [0.1, 0.15) is 64.0 Å². The van der Waals surface area contributed by atoms with Gasteiger partial charge in [-0.3, -0.25) is 4.79 Å². The number of carbonyl (C=O) groups excluding carboxylic acids is 1. The van der Waals surface area contributed by atoms with E-state index in [1.54, 1.807) is 0 Å². The van der Waals surface area contributed by atoms with Gasteiger partial charge in [0.05, 0.1) is 31.6 Å². The average molecular weight is 648 g/mol. The van der Waals surface area contributed by atoms with Crippen molar-refractivity contribution >= 4 is 23.3 Å². The molecule has 2 aliphatic carbocycles. The minimum absolute atomic E-state index is 0.0428. The highest BCUT2D eigenvalue weighted by molar-refractivity contribution is 5.90. The first kappa shape index (κ1) is 34.3. The number of hydrogen-bond donors (Lipinski definition) is 7. The van der Waals surface area contributed by atoms with E-state index >= 15 is 0 Å². The van der Waals surface area contributed by atoms with Gasteiger partial charge in [0.15, 0.2) is 11.2 Å². The van der Waals surface area contributed by atoms with Crippen LogP contribution in [0.3, 0.4) is 0 Å². The van der Waals surface area contributed by atoms with Gasteiger partial charge >= 0.3 is 11.9 Å². The number of nitrogens with one attached hydrogen (secondary N) is 1. The van der Waals surface area contributed by atoms with Gasteiger partial charge in [-0.25, -0.2) is 4.79 Å². The number of ether oxygens (including phenoxy) is 4. The fourth-order valence-corrected chi connectivity index (χ4v) is 7.81. The molecule has 254 valence electrons. The Balaban J connectivity index is 1.61. The molecule has 1 saturated heterocycles. The lowest BCUT2D eigenvalue weighted by Crippen LogP contribution is -2.83. The molecule has 8 atom stereocenters. The summed E-state index contributed by atoms with van der Waals surface area (Å²) >= 11 is 0. The molecule has 2 bridgehead atoms. The van der Waals surface area contributed by atoms with Crippen molar-refractivity contribution in [2.75, 3.05) is 26.9 Å². The third-order valence-electron chi connectivity index (χ3n) is 10.1. The van der Waals surface area contributed by atoms with Gasteiger partial charge in [0, 0.05) is 41.3 Å². The summed E-state index contributed by atoms with van der Waals surface area (Å²) in [7, 11) is 1.19. The summed E-state index contributed by atoms with van der Waals surface area (Å²) in [5.74, 6) is -5.29. The standard InChI is InChI=1S/C33H45NO12/c1-5-18-20(14-27(38)39)19(29(40)43-4)8-9-24(18)44-32(16-37)31(42)11-10-22-21-13-23(17(2)3)34-28(21)25(7-6-12-35)45-33(22,30(31)41)26(15-36)46-32/h5,8,13,17-18,20,24,26,30,34-37,41-42H,1,6-7,9-12,14-16H2,2-4H3,(H,38,39)/t18-,20+,24-,26-,30-,31-,32-,33-/m1/s1. The van der Waals surface area contributed by atoms with Gasteiger partial charge < -0.3 is 54.6 Å². The van der Waals surface area contributed by atoms with E-state index in [-0.39, 0.29) is 37.4 Å². The first-order chi connectivity index (χ1) is 21.9. The molecule has 5 rings (SSSR count). The number of rotatable bonds is 12. The monoisotopic (exact) mass is 647 g/mol. The molecule has 2 fully saturated rings. The second-order valence-corrected chi connectivity index (χ2v) is 12.9. The number of hydrogen-bond acceptors (Lipinski definition) is 11. The smallest absolute Gasteiger partial charge is 0.333 e. The van der Waals surface area contributed by atoms with Gasteiger partial charge in [0.2, 0.25) is 5.79 Å². The number of methoxy groups -OCH3 is 1. The Bertz CT molecular complexity index is 1510. The van der Waals surface area contributed by atoms with Crippen LogP contribution in [0.15, 0.2) is 30.4 Å². The van der Waals surface area contributed by atoms with Crippen molar-refractivity contribution < 1.29 is 59.2 Å². The summed E-state index contributed by atoms with van der Waals surface area (Å²) in [5, 5.41) is 67.1. The van der Waals surface area contributed by atoms with Crippen LogP contribution in [0.2, 0.25) is 0 Å². The summed E-state index contributed by atoms with van der Waals surface area (Å²) in [6, 6.07) is 1.97. The van der Waals surface area contributed by atoms with Crippen LogP contribution in [0.5, 0.6) is 0 Å². The molecule has 13 heteroatoms. The summed E-state index contributed by atoms with van der Waals surface area (Å²) in [5.41, 5.74) is -2.34. The van der Waals surface area contributed by atoms with Gasteiger partial charge in [0.25, 0.3) is 0 Å². The van der Waals surface area contributed by atoms with E-state index in [1.807, 2.05) is 19.9 Å². The van der Waals surface area contributed by atoms with Crippen LogP contribution < -0.4 is 10.6 Å². The fraction of sp³-hybridized carbons (Fsp3) is 0.636. The van der Waals surface area contributed by atoms with E-state index in [9.17, 15) is 40.2 Å². The average Bonchev–Trinajstić information content (AvgIpc) is 3.49. The lowest BCUT2D eigenvalue weighted by molar-refractivity contribution is -0.434. The Morgan fingerprint density at radius 3 is 2.59 bits per heavy atom. The minimum Gasteiger partial charge on any atom is -0.481 e. The molecule has 3 heterocycles. The number of aromatic amines is 1. The number of carboxylic acids is 1. The third kappa shape index (κ3) is 5.13. The zero-order valence-electron chi connectivity index (χ0n) is 26.4. The zero-order valence-corrected chi connectivity index (χ0v) is 26.4. The lowest BCUT2D eigenvalue weighted by atomic mass is 9.61. The van der Waals surface area contributed by atoms with Crippen molar-refractivity contribution in [3.05, 3.63) is 46.6 Å². The van der Waals surface area contributed by atoms with Crippen molar-refractivity contribution in [3.8, 4) is 0 Å². The van der Waals surface area contributed by atoms with Crippen LogP contribution in [0, 0.1) is 11.8 Å². The van der Waals surface area contributed by atoms with Gasteiger partial charge in [0.1, 0.15) is 24.6 Å². The van der Waals surface area contributed by atoms with Crippen molar-refractivity contribution in [1.82, 2.24) is 4.98 Å². The molecule has 46 heavy (non-hydrogen) atoms. The number of aliphatic hydroxyl groups excluding tert-OH is 4. The molecule has 0 radical (unpaired) electrons. The summed E-state index contributed by atoms with van der Waals surface area (Å²) in [4.78, 5) is 27.8. The molecule has 0 aromatic carbocycles. The fourth-order valence-electron chi connectivity index (χ4n) is 7.81. The molecule has 13 nitrogen and oxygen atoms in total. The Hall–Kier alpha value is -3.04. The number of aliphatic hydroxyl groups is 5. The van der Waals surface area contributed by atoms with E-state index in [1.165, 1.54) is 19.3 Å². The van der Waals surface area contributed by atoms with Crippen LogP contribution in [-0.4, -0.2) is 110 Å². The number of aromatic nitrogens is 1. The number of esters is 1. The number of carbonyl (C=O) groups is 2. The number of aliphatic carboxylic acids is 1. The maximum atomic E-state index is 12.5. The van der Waals surface area contributed by atoms with E-state index < -0.39 is 78.7 Å². The topological polar surface area (TPSA) is 208 Å². The van der Waals surface area contributed by atoms with E-state index in [0.29, 0.717) is 29.5 Å². The first-order valence-corrected chi connectivity index (χ1v) is 15.7. The molecule has 7 N–H and O–H groups in total. The van der Waals surface area contributed by atoms with E-state index in [2.05, 4.69) is 11.6 Å².